The molecule has 0 aromatic carbocycles. The number of fused-ring (bicyclic) bond motifs is 1. The molecule has 0 bridgehead atoms. The fourth-order valence-corrected chi connectivity index (χ4v) is 4.52. The average molecular weight is 358 g/mol. The lowest BCUT2D eigenvalue weighted by Gasteiger charge is -2.23. The van der Waals surface area contributed by atoms with Crippen LogP contribution in [-0.2, 0) is 0 Å². The molecule has 4 heterocycles. The molecule has 124 valence electrons. The number of rotatable bonds is 2. The van der Waals surface area contributed by atoms with E-state index in [1.807, 2.05) is 28.7 Å². The number of carbonyl (C=O) groups excluding carboxylic acids is 1. The lowest BCUT2D eigenvalue weighted by molar-refractivity contribution is 0.0767. The predicted octanol–water partition coefficient (Wildman–Crippen LogP) is 3.41. The standard InChI is InChI=1S/C17H18N4OS2/c1-12-18-15(14-4-10-24-16(14)19-12)20-5-2-6-21(8-7-20)17(22)13-3-9-23-11-13/h3-4,9-11H,2,5-8H2,1H3. The second-order valence-corrected chi connectivity index (χ2v) is 7.55. The van der Waals surface area contributed by atoms with Crippen molar-refractivity contribution in [3.05, 3.63) is 39.7 Å². The fourth-order valence-electron chi connectivity index (χ4n) is 3.09. The summed E-state index contributed by atoms with van der Waals surface area (Å²) in [4.78, 5) is 27.0. The second-order valence-electron chi connectivity index (χ2n) is 5.88. The summed E-state index contributed by atoms with van der Waals surface area (Å²) in [5.74, 6) is 1.94. The maximum Gasteiger partial charge on any atom is 0.254 e. The van der Waals surface area contributed by atoms with E-state index in [9.17, 15) is 4.79 Å². The molecule has 1 aliphatic rings. The number of thiophene rings is 2. The zero-order valence-corrected chi connectivity index (χ0v) is 15.1. The van der Waals surface area contributed by atoms with E-state index in [0.717, 1.165) is 60.0 Å². The van der Waals surface area contributed by atoms with Gasteiger partial charge in [-0.2, -0.15) is 11.3 Å². The summed E-state index contributed by atoms with van der Waals surface area (Å²) < 4.78 is 0. The molecule has 24 heavy (non-hydrogen) atoms. The van der Waals surface area contributed by atoms with Crippen molar-refractivity contribution in [1.82, 2.24) is 14.9 Å². The number of aromatic nitrogens is 2. The first-order chi connectivity index (χ1) is 11.7. The normalized spacial score (nSPS) is 15.7. The van der Waals surface area contributed by atoms with Gasteiger partial charge in [-0.05, 0) is 36.2 Å². The number of aryl methyl sites for hydroxylation is 1. The Hall–Kier alpha value is -1.99. The van der Waals surface area contributed by atoms with Crippen molar-refractivity contribution in [1.29, 1.82) is 0 Å². The number of hydrogen-bond acceptors (Lipinski definition) is 6. The Morgan fingerprint density at radius 2 is 2.04 bits per heavy atom. The van der Waals surface area contributed by atoms with Gasteiger partial charge in [-0.15, -0.1) is 11.3 Å². The molecule has 0 saturated carbocycles. The third-order valence-electron chi connectivity index (χ3n) is 4.27. The molecule has 3 aromatic heterocycles. The molecule has 0 radical (unpaired) electrons. The lowest BCUT2D eigenvalue weighted by Crippen LogP contribution is -2.35. The highest BCUT2D eigenvalue weighted by molar-refractivity contribution is 7.16. The summed E-state index contributed by atoms with van der Waals surface area (Å²) >= 11 is 3.21. The topological polar surface area (TPSA) is 49.3 Å². The van der Waals surface area contributed by atoms with Gasteiger partial charge in [0.25, 0.3) is 5.91 Å². The number of amides is 1. The summed E-state index contributed by atoms with van der Waals surface area (Å²) in [6, 6.07) is 3.99. The Kier molecular flexibility index (Phi) is 4.20. The van der Waals surface area contributed by atoms with Gasteiger partial charge in [-0.1, -0.05) is 0 Å². The van der Waals surface area contributed by atoms with Crippen LogP contribution >= 0.6 is 22.7 Å². The minimum atomic E-state index is 0.137. The summed E-state index contributed by atoms with van der Waals surface area (Å²) in [7, 11) is 0. The zero-order valence-electron chi connectivity index (χ0n) is 13.4. The first-order valence-corrected chi connectivity index (χ1v) is 9.83. The Morgan fingerprint density at radius 1 is 1.12 bits per heavy atom. The molecule has 3 aromatic rings. The van der Waals surface area contributed by atoms with Gasteiger partial charge in [0.1, 0.15) is 16.5 Å². The number of carbonyl (C=O) groups is 1. The van der Waals surface area contributed by atoms with Crippen molar-refractivity contribution in [2.45, 2.75) is 13.3 Å². The van der Waals surface area contributed by atoms with Crippen molar-refractivity contribution in [3.8, 4) is 0 Å². The molecule has 1 amide bonds. The number of nitrogens with zero attached hydrogens (tertiary/aromatic N) is 4. The van der Waals surface area contributed by atoms with Crippen LogP contribution in [0.4, 0.5) is 5.82 Å². The van der Waals surface area contributed by atoms with Gasteiger partial charge in [-0.25, -0.2) is 9.97 Å². The summed E-state index contributed by atoms with van der Waals surface area (Å²) in [6.45, 7) is 5.17. The third-order valence-corrected chi connectivity index (χ3v) is 5.76. The van der Waals surface area contributed by atoms with Crippen LogP contribution in [0.2, 0.25) is 0 Å². The van der Waals surface area contributed by atoms with E-state index in [2.05, 4.69) is 26.3 Å². The van der Waals surface area contributed by atoms with Crippen LogP contribution < -0.4 is 4.90 Å². The highest BCUT2D eigenvalue weighted by Gasteiger charge is 2.22. The van der Waals surface area contributed by atoms with E-state index in [0.29, 0.717) is 0 Å². The molecule has 0 atom stereocenters. The monoisotopic (exact) mass is 358 g/mol. The quantitative estimate of drug-likeness (QED) is 0.704. The molecule has 1 saturated heterocycles. The fraction of sp³-hybridized carbons (Fsp3) is 0.353. The molecule has 5 nitrogen and oxygen atoms in total. The summed E-state index contributed by atoms with van der Waals surface area (Å²) in [6.07, 6.45) is 0.949. The van der Waals surface area contributed by atoms with Gasteiger partial charge in [-0.3, -0.25) is 4.79 Å². The molecule has 1 aliphatic heterocycles. The van der Waals surface area contributed by atoms with Gasteiger partial charge >= 0.3 is 0 Å². The number of hydrogen-bond donors (Lipinski definition) is 0. The molecule has 0 N–H and O–H groups in total. The van der Waals surface area contributed by atoms with Crippen molar-refractivity contribution in [2.75, 3.05) is 31.1 Å². The molecule has 1 fully saturated rings. The molecular weight excluding hydrogens is 340 g/mol. The Morgan fingerprint density at radius 3 is 2.88 bits per heavy atom. The highest BCUT2D eigenvalue weighted by atomic mass is 32.1. The van der Waals surface area contributed by atoms with E-state index in [1.165, 1.54) is 0 Å². The minimum Gasteiger partial charge on any atom is -0.354 e. The highest BCUT2D eigenvalue weighted by Crippen LogP contribution is 2.28. The van der Waals surface area contributed by atoms with Crippen LogP contribution in [0.5, 0.6) is 0 Å². The van der Waals surface area contributed by atoms with Crippen LogP contribution in [0.3, 0.4) is 0 Å². The molecule has 4 rings (SSSR count). The Bertz CT molecular complexity index is 859. The number of anilines is 1. The largest absolute Gasteiger partial charge is 0.354 e. The van der Waals surface area contributed by atoms with Crippen molar-refractivity contribution in [3.63, 3.8) is 0 Å². The van der Waals surface area contributed by atoms with Crippen molar-refractivity contribution < 1.29 is 4.79 Å². The van der Waals surface area contributed by atoms with Crippen molar-refractivity contribution >= 4 is 44.6 Å². The average Bonchev–Trinajstić information content (AvgIpc) is 3.20. The van der Waals surface area contributed by atoms with Crippen LogP contribution in [0.1, 0.15) is 22.6 Å². The minimum absolute atomic E-state index is 0.137. The van der Waals surface area contributed by atoms with Gasteiger partial charge in [0.2, 0.25) is 0 Å². The van der Waals surface area contributed by atoms with Gasteiger partial charge in [0, 0.05) is 31.6 Å². The smallest absolute Gasteiger partial charge is 0.254 e. The van der Waals surface area contributed by atoms with Crippen LogP contribution in [0.25, 0.3) is 10.2 Å². The molecule has 7 heteroatoms. The van der Waals surface area contributed by atoms with Crippen molar-refractivity contribution in [2.24, 2.45) is 0 Å². The predicted molar refractivity (Wildman–Crippen MR) is 99.2 cm³/mol. The third kappa shape index (κ3) is 2.89. The van der Waals surface area contributed by atoms with Crippen LogP contribution in [-0.4, -0.2) is 47.0 Å². The van der Waals surface area contributed by atoms with E-state index in [-0.39, 0.29) is 5.91 Å². The van der Waals surface area contributed by atoms with Gasteiger partial charge in [0.15, 0.2) is 0 Å². The zero-order chi connectivity index (χ0) is 16.5. The first kappa shape index (κ1) is 15.5. The van der Waals surface area contributed by atoms with Gasteiger partial charge in [0.05, 0.1) is 10.9 Å². The Labute approximate surface area is 148 Å². The maximum absolute atomic E-state index is 12.6. The second kappa shape index (κ2) is 6.49. The molecule has 0 unspecified atom stereocenters. The SMILES string of the molecule is Cc1nc(N2CCCN(C(=O)c3ccsc3)CC2)c2ccsc2n1. The molecule has 0 aliphatic carbocycles. The maximum atomic E-state index is 12.6. The van der Waals surface area contributed by atoms with E-state index in [1.54, 1.807) is 22.7 Å². The van der Waals surface area contributed by atoms with E-state index in [4.69, 9.17) is 0 Å². The Balaban J connectivity index is 1.56. The lowest BCUT2D eigenvalue weighted by atomic mass is 10.3. The first-order valence-electron chi connectivity index (χ1n) is 8.00. The molecule has 0 spiro atoms. The van der Waals surface area contributed by atoms with E-state index >= 15 is 0 Å². The van der Waals surface area contributed by atoms with Crippen LogP contribution in [0, 0.1) is 6.92 Å². The van der Waals surface area contributed by atoms with Crippen LogP contribution in [0.15, 0.2) is 28.3 Å². The van der Waals surface area contributed by atoms with Gasteiger partial charge < -0.3 is 9.80 Å². The summed E-state index contributed by atoms with van der Waals surface area (Å²) in [5, 5.41) is 7.05. The molecular formula is C17H18N4OS2. The summed E-state index contributed by atoms with van der Waals surface area (Å²) in [5.41, 5.74) is 0.798. The van der Waals surface area contributed by atoms with E-state index < -0.39 is 0 Å².